The normalized spacial score (nSPS) is 13.6. The molecular formula is C15H15ClN2O2. The summed E-state index contributed by atoms with van der Waals surface area (Å²) in [5, 5.41) is 1.69. The van der Waals surface area contributed by atoms with E-state index in [0.29, 0.717) is 30.6 Å². The third-order valence-electron chi connectivity index (χ3n) is 3.44. The van der Waals surface area contributed by atoms with Crippen molar-refractivity contribution in [2.24, 2.45) is 5.73 Å². The lowest BCUT2D eigenvalue weighted by atomic mass is 9.94. The number of rotatable bonds is 3. The van der Waals surface area contributed by atoms with Crippen molar-refractivity contribution < 1.29 is 9.59 Å². The van der Waals surface area contributed by atoms with Crippen molar-refractivity contribution in [3.05, 3.63) is 47.5 Å². The summed E-state index contributed by atoms with van der Waals surface area (Å²) in [6.07, 6.45) is 0.621. The van der Waals surface area contributed by atoms with E-state index in [1.54, 1.807) is 12.1 Å². The Kier molecular flexibility index (Phi) is 4.06. The Hall–Kier alpha value is -1.91. The van der Waals surface area contributed by atoms with Crippen LogP contribution in [-0.2, 0) is 0 Å². The molecule has 2 aromatic carbocycles. The molecule has 5 heteroatoms. The minimum absolute atomic E-state index is 0. The average molecular weight is 291 g/mol. The quantitative estimate of drug-likeness (QED) is 0.882. The molecule has 2 amide bonds. The van der Waals surface area contributed by atoms with Crippen molar-refractivity contribution in [3.63, 3.8) is 0 Å². The summed E-state index contributed by atoms with van der Waals surface area (Å²) >= 11 is 0. The first-order valence-corrected chi connectivity index (χ1v) is 6.32. The van der Waals surface area contributed by atoms with Gasteiger partial charge in [-0.05, 0) is 30.5 Å². The van der Waals surface area contributed by atoms with Gasteiger partial charge in [-0.15, -0.1) is 12.4 Å². The first kappa shape index (κ1) is 14.5. The van der Waals surface area contributed by atoms with E-state index in [1.807, 2.05) is 24.3 Å². The fourth-order valence-corrected chi connectivity index (χ4v) is 2.53. The number of carbonyl (C=O) groups is 2. The highest BCUT2D eigenvalue weighted by atomic mass is 35.5. The summed E-state index contributed by atoms with van der Waals surface area (Å²) in [6.45, 7) is 0.835. The summed E-state index contributed by atoms with van der Waals surface area (Å²) in [5.74, 6) is -0.439. The van der Waals surface area contributed by atoms with Crippen LogP contribution in [0.15, 0.2) is 36.4 Å². The van der Waals surface area contributed by atoms with Crippen molar-refractivity contribution >= 4 is 35.0 Å². The predicted molar refractivity (Wildman–Crippen MR) is 80.2 cm³/mol. The number of amides is 2. The first-order chi connectivity index (χ1) is 9.24. The Labute approximate surface area is 123 Å². The van der Waals surface area contributed by atoms with Crippen LogP contribution in [0.2, 0.25) is 0 Å². The molecule has 1 aliphatic rings. The highest BCUT2D eigenvalue weighted by Crippen LogP contribution is 2.29. The van der Waals surface area contributed by atoms with E-state index < -0.39 is 0 Å². The van der Waals surface area contributed by atoms with Crippen LogP contribution in [0.1, 0.15) is 27.1 Å². The highest BCUT2D eigenvalue weighted by Gasteiger charge is 2.31. The molecule has 0 unspecified atom stereocenters. The van der Waals surface area contributed by atoms with Crippen LogP contribution in [0.25, 0.3) is 10.8 Å². The van der Waals surface area contributed by atoms with E-state index in [2.05, 4.69) is 0 Å². The second kappa shape index (κ2) is 5.61. The summed E-state index contributed by atoms with van der Waals surface area (Å²) in [5.41, 5.74) is 6.66. The van der Waals surface area contributed by atoms with Crippen molar-refractivity contribution in [1.29, 1.82) is 0 Å². The van der Waals surface area contributed by atoms with E-state index in [-0.39, 0.29) is 24.2 Å². The minimum atomic E-state index is -0.220. The molecule has 2 aromatic rings. The standard InChI is InChI=1S/C15H14N2O2.ClH/c16-8-3-9-17-14(18)11-6-1-4-10-5-2-7-12(13(10)11)15(17)19;/h1-2,4-7H,3,8-9,16H2;1H. The van der Waals surface area contributed by atoms with Gasteiger partial charge in [-0.1, -0.05) is 24.3 Å². The minimum Gasteiger partial charge on any atom is -0.330 e. The third kappa shape index (κ3) is 2.07. The average Bonchev–Trinajstić information content (AvgIpc) is 2.44. The van der Waals surface area contributed by atoms with Gasteiger partial charge in [0.15, 0.2) is 0 Å². The van der Waals surface area contributed by atoms with Gasteiger partial charge in [0.2, 0.25) is 0 Å². The van der Waals surface area contributed by atoms with Gasteiger partial charge < -0.3 is 5.73 Å². The molecule has 104 valence electrons. The van der Waals surface area contributed by atoms with E-state index in [4.69, 9.17) is 5.73 Å². The summed E-state index contributed by atoms with van der Waals surface area (Å²) < 4.78 is 0. The lowest BCUT2D eigenvalue weighted by Crippen LogP contribution is -2.41. The number of benzene rings is 2. The fraction of sp³-hybridized carbons (Fsp3) is 0.200. The number of hydrogen-bond acceptors (Lipinski definition) is 3. The second-order valence-corrected chi connectivity index (χ2v) is 4.61. The number of hydrogen-bond donors (Lipinski definition) is 1. The van der Waals surface area contributed by atoms with Crippen molar-refractivity contribution in [3.8, 4) is 0 Å². The van der Waals surface area contributed by atoms with Crippen molar-refractivity contribution in [2.75, 3.05) is 13.1 Å². The fourth-order valence-electron chi connectivity index (χ4n) is 2.53. The molecular weight excluding hydrogens is 276 g/mol. The molecule has 4 nitrogen and oxygen atoms in total. The molecule has 20 heavy (non-hydrogen) atoms. The largest absolute Gasteiger partial charge is 0.330 e. The van der Waals surface area contributed by atoms with Gasteiger partial charge in [0.1, 0.15) is 0 Å². The number of halogens is 1. The van der Waals surface area contributed by atoms with Gasteiger partial charge in [-0.3, -0.25) is 14.5 Å². The first-order valence-electron chi connectivity index (χ1n) is 6.32. The number of nitrogens with zero attached hydrogens (tertiary/aromatic N) is 1. The Morgan fingerprint density at radius 2 is 1.50 bits per heavy atom. The molecule has 0 fully saturated rings. The van der Waals surface area contributed by atoms with Crippen LogP contribution in [0.5, 0.6) is 0 Å². The molecule has 0 bridgehead atoms. The van der Waals surface area contributed by atoms with Crippen LogP contribution >= 0.6 is 12.4 Å². The number of imide groups is 1. The molecule has 0 spiro atoms. The van der Waals surface area contributed by atoms with Crippen LogP contribution in [0, 0.1) is 0 Å². The second-order valence-electron chi connectivity index (χ2n) is 4.61. The van der Waals surface area contributed by atoms with Crippen LogP contribution in [0.4, 0.5) is 0 Å². The molecule has 0 saturated carbocycles. The van der Waals surface area contributed by atoms with E-state index in [1.165, 1.54) is 4.90 Å². The maximum absolute atomic E-state index is 12.4. The van der Waals surface area contributed by atoms with E-state index in [9.17, 15) is 9.59 Å². The molecule has 1 aliphatic heterocycles. The van der Waals surface area contributed by atoms with Crippen LogP contribution < -0.4 is 5.73 Å². The van der Waals surface area contributed by atoms with Gasteiger partial charge in [0.05, 0.1) is 0 Å². The maximum atomic E-state index is 12.4. The van der Waals surface area contributed by atoms with Gasteiger partial charge in [-0.25, -0.2) is 0 Å². The number of nitrogens with two attached hydrogens (primary N) is 1. The Morgan fingerprint density at radius 1 is 0.950 bits per heavy atom. The lowest BCUT2D eigenvalue weighted by molar-refractivity contribution is 0.0610. The monoisotopic (exact) mass is 290 g/mol. The summed E-state index contributed by atoms with van der Waals surface area (Å²) in [7, 11) is 0. The van der Waals surface area contributed by atoms with Crippen molar-refractivity contribution in [1.82, 2.24) is 4.90 Å². The summed E-state index contributed by atoms with van der Waals surface area (Å²) in [4.78, 5) is 26.1. The Morgan fingerprint density at radius 3 is 2.00 bits per heavy atom. The summed E-state index contributed by atoms with van der Waals surface area (Å²) in [6, 6.07) is 11.1. The number of carbonyl (C=O) groups excluding carboxylic acids is 2. The van der Waals surface area contributed by atoms with Crippen LogP contribution in [0.3, 0.4) is 0 Å². The van der Waals surface area contributed by atoms with Gasteiger partial charge in [0.25, 0.3) is 11.8 Å². The molecule has 0 radical (unpaired) electrons. The molecule has 3 rings (SSSR count). The molecule has 0 aliphatic carbocycles. The Bertz CT molecular complexity index is 634. The molecule has 0 saturated heterocycles. The van der Waals surface area contributed by atoms with Crippen molar-refractivity contribution in [2.45, 2.75) is 6.42 Å². The maximum Gasteiger partial charge on any atom is 0.261 e. The predicted octanol–water partition coefficient (Wildman–Crippen LogP) is 2.21. The third-order valence-corrected chi connectivity index (χ3v) is 3.44. The van der Waals surface area contributed by atoms with Gasteiger partial charge in [-0.2, -0.15) is 0 Å². The molecule has 1 heterocycles. The van der Waals surface area contributed by atoms with Gasteiger partial charge in [0, 0.05) is 23.1 Å². The molecule has 2 N–H and O–H groups in total. The zero-order chi connectivity index (χ0) is 13.4. The highest BCUT2D eigenvalue weighted by molar-refractivity contribution is 6.25. The smallest absolute Gasteiger partial charge is 0.261 e. The van der Waals surface area contributed by atoms with Crippen LogP contribution in [-0.4, -0.2) is 29.8 Å². The van der Waals surface area contributed by atoms with Gasteiger partial charge >= 0.3 is 0 Å². The van der Waals surface area contributed by atoms with E-state index in [0.717, 1.165) is 10.8 Å². The topological polar surface area (TPSA) is 63.4 Å². The van der Waals surface area contributed by atoms with E-state index >= 15 is 0 Å². The zero-order valence-corrected chi connectivity index (χ0v) is 11.7. The lowest BCUT2D eigenvalue weighted by Gasteiger charge is -2.26. The zero-order valence-electron chi connectivity index (χ0n) is 10.8. The molecule has 0 atom stereocenters. The Balaban J connectivity index is 0.00000147. The SMILES string of the molecule is Cl.NCCCN1C(=O)c2cccc3cccc(c23)C1=O. The molecule has 0 aromatic heterocycles.